The van der Waals surface area contributed by atoms with Gasteiger partial charge in [-0.2, -0.15) is 0 Å². The second-order valence-electron chi connectivity index (χ2n) is 6.88. The molecule has 26 heavy (non-hydrogen) atoms. The topological polar surface area (TPSA) is 40.5 Å². The number of hydrogen-bond donors (Lipinski definition) is 2. The number of halogens is 2. The predicted octanol–water partition coefficient (Wildman–Crippen LogP) is 7.68. The van der Waals surface area contributed by atoms with Gasteiger partial charge in [-0.3, -0.25) is 0 Å². The number of unbranched alkanes of at least 4 members (excludes halogenated alkanes) is 6. The fourth-order valence-corrected chi connectivity index (χ4v) is 3.69. The predicted molar refractivity (Wildman–Crippen MR) is 111 cm³/mol. The molecule has 0 atom stereocenters. The Morgan fingerprint density at radius 2 is 1.19 bits per heavy atom. The van der Waals surface area contributed by atoms with Gasteiger partial charge in [-0.25, -0.2) is 0 Å². The number of rotatable bonds is 10. The normalized spacial score (nSPS) is 11.2. The van der Waals surface area contributed by atoms with Crippen LogP contribution < -0.4 is 0 Å². The van der Waals surface area contributed by atoms with E-state index in [1.54, 1.807) is 12.1 Å². The zero-order chi connectivity index (χ0) is 18.9. The number of benzene rings is 2. The van der Waals surface area contributed by atoms with Crippen molar-refractivity contribution in [2.24, 2.45) is 0 Å². The maximum Gasteiger partial charge on any atom is 0.134 e. The second kappa shape index (κ2) is 10.7. The van der Waals surface area contributed by atoms with Crippen molar-refractivity contribution in [1.29, 1.82) is 0 Å². The molecule has 0 saturated heterocycles. The number of phenols is 2. The Hall–Kier alpha value is -1.38. The van der Waals surface area contributed by atoms with Crippen molar-refractivity contribution in [2.75, 3.05) is 0 Å². The fourth-order valence-electron chi connectivity index (χ4n) is 3.31. The quantitative estimate of drug-likeness (QED) is 0.405. The molecular weight excluding hydrogens is 367 g/mol. The Kier molecular flexibility index (Phi) is 8.61. The molecule has 2 N–H and O–H groups in total. The summed E-state index contributed by atoms with van der Waals surface area (Å²) in [6, 6.07) is 10.7. The van der Waals surface area contributed by atoms with Crippen LogP contribution in [0.2, 0.25) is 10.0 Å². The standard InChI is InChI=1S/C22H28Cl2O2/c1-2-3-4-5-6-7-8-9-18(16-10-12-21(25)19(23)14-16)17-11-13-22(26)20(24)15-17/h10-15,18,25-26H,2-9H2,1H3. The van der Waals surface area contributed by atoms with E-state index >= 15 is 0 Å². The van der Waals surface area contributed by atoms with Crippen LogP contribution in [0.1, 0.15) is 75.3 Å². The Morgan fingerprint density at radius 3 is 1.65 bits per heavy atom. The van der Waals surface area contributed by atoms with Crippen molar-refractivity contribution in [3.05, 3.63) is 57.6 Å². The number of aromatic hydroxyl groups is 2. The van der Waals surface area contributed by atoms with E-state index in [0.29, 0.717) is 10.0 Å². The van der Waals surface area contributed by atoms with E-state index in [-0.39, 0.29) is 17.4 Å². The summed E-state index contributed by atoms with van der Waals surface area (Å²) in [7, 11) is 0. The van der Waals surface area contributed by atoms with E-state index in [9.17, 15) is 10.2 Å². The van der Waals surface area contributed by atoms with E-state index < -0.39 is 0 Å². The van der Waals surface area contributed by atoms with E-state index in [1.165, 1.54) is 38.5 Å². The van der Waals surface area contributed by atoms with Crippen LogP contribution in [0.15, 0.2) is 36.4 Å². The summed E-state index contributed by atoms with van der Waals surface area (Å²) in [4.78, 5) is 0. The third-order valence-corrected chi connectivity index (χ3v) is 5.45. The molecule has 2 nitrogen and oxygen atoms in total. The molecule has 0 aliphatic rings. The highest BCUT2D eigenvalue weighted by atomic mass is 35.5. The molecule has 0 heterocycles. The number of hydrogen-bond acceptors (Lipinski definition) is 2. The van der Waals surface area contributed by atoms with E-state index in [0.717, 1.165) is 24.0 Å². The van der Waals surface area contributed by atoms with Gasteiger partial charge in [0.05, 0.1) is 10.0 Å². The lowest BCUT2D eigenvalue weighted by molar-refractivity contribution is 0.475. The van der Waals surface area contributed by atoms with Gasteiger partial charge in [0.15, 0.2) is 0 Å². The van der Waals surface area contributed by atoms with Gasteiger partial charge in [-0.15, -0.1) is 0 Å². The monoisotopic (exact) mass is 394 g/mol. The van der Waals surface area contributed by atoms with Crippen molar-refractivity contribution >= 4 is 23.2 Å². The van der Waals surface area contributed by atoms with Crippen molar-refractivity contribution in [2.45, 2.75) is 64.2 Å². The van der Waals surface area contributed by atoms with Crippen LogP contribution in [0.3, 0.4) is 0 Å². The molecule has 142 valence electrons. The first-order valence-electron chi connectivity index (χ1n) is 9.49. The van der Waals surface area contributed by atoms with Crippen LogP contribution in [0.5, 0.6) is 11.5 Å². The Bertz CT molecular complexity index is 649. The Labute approximate surface area is 166 Å². The molecule has 2 aromatic rings. The molecule has 0 amide bonds. The molecule has 2 rings (SSSR count). The van der Waals surface area contributed by atoms with Crippen LogP contribution in [0.25, 0.3) is 0 Å². The minimum atomic E-state index is 0.0915. The van der Waals surface area contributed by atoms with Crippen molar-refractivity contribution < 1.29 is 10.2 Å². The molecule has 0 unspecified atom stereocenters. The molecular formula is C22H28Cl2O2. The van der Waals surface area contributed by atoms with Gasteiger partial charge in [-0.1, -0.05) is 87.2 Å². The summed E-state index contributed by atoms with van der Waals surface area (Å²) in [6.07, 6.45) is 9.78. The molecule has 0 spiro atoms. The third kappa shape index (κ3) is 6.10. The summed E-state index contributed by atoms with van der Waals surface area (Å²) in [5, 5.41) is 20.1. The summed E-state index contributed by atoms with van der Waals surface area (Å²) in [5.74, 6) is 0.324. The number of phenolic OH excluding ortho intramolecular Hbond substituents is 2. The smallest absolute Gasteiger partial charge is 0.134 e. The first-order valence-corrected chi connectivity index (χ1v) is 10.2. The van der Waals surface area contributed by atoms with Gasteiger partial charge in [0, 0.05) is 5.92 Å². The summed E-state index contributed by atoms with van der Waals surface area (Å²) < 4.78 is 0. The lowest BCUT2D eigenvalue weighted by atomic mass is 9.86. The largest absolute Gasteiger partial charge is 0.506 e. The molecule has 0 radical (unpaired) electrons. The van der Waals surface area contributed by atoms with Crippen LogP contribution in [0.4, 0.5) is 0 Å². The van der Waals surface area contributed by atoms with Crippen molar-refractivity contribution in [1.82, 2.24) is 0 Å². The van der Waals surface area contributed by atoms with Gasteiger partial charge in [0.25, 0.3) is 0 Å². The highest BCUT2D eigenvalue weighted by Gasteiger charge is 2.17. The highest BCUT2D eigenvalue weighted by Crippen LogP contribution is 2.36. The van der Waals surface area contributed by atoms with Gasteiger partial charge in [-0.05, 0) is 41.8 Å². The van der Waals surface area contributed by atoms with E-state index in [4.69, 9.17) is 23.2 Å². The molecule has 0 saturated carbocycles. The Morgan fingerprint density at radius 1 is 0.731 bits per heavy atom. The maximum atomic E-state index is 9.71. The summed E-state index contributed by atoms with van der Waals surface area (Å²) in [5.41, 5.74) is 2.11. The third-order valence-electron chi connectivity index (χ3n) is 4.84. The molecule has 0 aliphatic carbocycles. The van der Waals surface area contributed by atoms with Crippen LogP contribution in [-0.4, -0.2) is 10.2 Å². The zero-order valence-corrected chi connectivity index (χ0v) is 16.9. The first kappa shape index (κ1) is 20.9. The molecule has 4 heteroatoms. The van der Waals surface area contributed by atoms with Gasteiger partial charge < -0.3 is 10.2 Å². The van der Waals surface area contributed by atoms with Crippen LogP contribution in [0, 0.1) is 0 Å². The lowest BCUT2D eigenvalue weighted by Crippen LogP contribution is -2.02. The average Bonchev–Trinajstić information content (AvgIpc) is 2.62. The zero-order valence-electron chi connectivity index (χ0n) is 15.3. The fraction of sp³-hybridized carbons (Fsp3) is 0.455. The molecule has 2 aromatic carbocycles. The van der Waals surface area contributed by atoms with Crippen molar-refractivity contribution in [3.63, 3.8) is 0 Å². The molecule has 0 bridgehead atoms. The van der Waals surface area contributed by atoms with Crippen LogP contribution in [-0.2, 0) is 0 Å². The molecule has 0 fully saturated rings. The van der Waals surface area contributed by atoms with Gasteiger partial charge >= 0.3 is 0 Å². The average molecular weight is 395 g/mol. The second-order valence-corrected chi connectivity index (χ2v) is 7.70. The van der Waals surface area contributed by atoms with Gasteiger partial charge in [0.1, 0.15) is 11.5 Å². The summed E-state index contributed by atoms with van der Waals surface area (Å²) >= 11 is 12.2. The SMILES string of the molecule is CCCCCCCCCC(c1ccc(O)c(Cl)c1)c1ccc(O)c(Cl)c1. The maximum absolute atomic E-state index is 9.71. The van der Waals surface area contributed by atoms with Crippen LogP contribution >= 0.6 is 23.2 Å². The van der Waals surface area contributed by atoms with Gasteiger partial charge in [0.2, 0.25) is 0 Å². The minimum absolute atomic E-state index is 0.0915. The first-order chi connectivity index (χ1) is 12.5. The van der Waals surface area contributed by atoms with Crippen molar-refractivity contribution in [3.8, 4) is 11.5 Å². The molecule has 0 aromatic heterocycles. The van der Waals surface area contributed by atoms with E-state index in [2.05, 4.69) is 6.92 Å². The van der Waals surface area contributed by atoms with E-state index in [1.807, 2.05) is 24.3 Å². The highest BCUT2D eigenvalue weighted by molar-refractivity contribution is 6.32. The lowest BCUT2D eigenvalue weighted by Gasteiger charge is -2.19. The summed E-state index contributed by atoms with van der Waals surface area (Å²) in [6.45, 7) is 2.23. The Balaban J connectivity index is 2.08. The minimum Gasteiger partial charge on any atom is -0.506 e. The molecule has 0 aliphatic heterocycles.